The standard InChI is InChI=1S/C8H14O6S/c9-3-5(11)7(13)8(14)6(12)4(10)1-2-15/h2,5-9,11-14H,1,3H2/t5-,6+,7-,8-/m1/s1. The predicted molar refractivity (Wildman–Crippen MR) is 54.4 cm³/mol. The maximum Gasteiger partial charge on any atom is 0.168 e. The first-order valence-corrected chi connectivity index (χ1v) is 4.72. The van der Waals surface area contributed by atoms with Crippen molar-refractivity contribution in [3.63, 3.8) is 0 Å². The van der Waals surface area contributed by atoms with Crippen LogP contribution in [0.15, 0.2) is 0 Å². The molecule has 0 spiro atoms. The summed E-state index contributed by atoms with van der Waals surface area (Å²) in [5.41, 5.74) is 0. The van der Waals surface area contributed by atoms with Gasteiger partial charge in [-0.05, 0) is 5.37 Å². The average Bonchev–Trinajstić information content (AvgIpc) is 2.25. The third kappa shape index (κ3) is 4.29. The van der Waals surface area contributed by atoms with Gasteiger partial charge in [-0.1, -0.05) is 12.2 Å². The minimum atomic E-state index is -1.85. The molecule has 0 saturated heterocycles. The van der Waals surface area contributed by atoms with Gasteiger partial charge in [-0.25, -0.2) is 0 Å². The van der Waals surface area contributed by atoms with E-state index < -0.39 is 36.8 Å². The maximum atomic E-state index is 11.0. The number of aliphatic hydroxyl groups is 5. The van der Waals surface area contributed by atoms with Crippen molar-refractivity contribution in [3.05, 3.63) is 0 Å². The zero-order valence-corrected chi connectivity index (χ0v) is 8.67. The molecule has 6 nitrogen and oxygen atoms in total. The van der Waals surface area contributed by atoms with Gasteiger partial charge in [0.2, 0.25) is 0 Å². The molecule has 0 aromatic heterocycles. The van der Waals surface area contributed by atoms with Gasteiger partial charge in [0.15, 0.2) is 5.78 Å². The summed E-state index contributed by atoms with van der Waals surface area (Å²) < 4.78 is 0. The molecular formula is C8H14O6S. The molecule has 7 heteroatoms. The van der Waals surface area contributed by atoms with Crippen LogP contribution in [0.4, 0.5) is 0 Å². The average molecular weight is 238 g/mol. The van der Waals surface area contributed by atoms with E-state index in [0.717, 1.165) is 5.37 Å². The van der Waals surface area contributed by atoms with Gasteiger partial charge >= 0.3 is 0 Å². The highest BCUT2D eigenvalue weighted by Gasteiger charge is 2.33. The van der Waals surface area contributed by atoms with Crippen LogP contribution in [0.3, 0.4) is 0 Å². The second-order valence-electron chi connectivity index (χ2n) is 3.01. The summed E-state index contributed by atoms with van der Waals surface area (Å²) >= 11 is 4.38. The van der Waals surface area contributed by atoms with E-state index in [0.29, 0.717) is 0 Å². The van der Waals surface area contributed by atoms with Crippen LogP contribution in [0.2, 0.25) is 0 Å². The number of aliphatic hydroxyl groups excluding tert-OH is 5. The molecule has 15 heavy (non-hydrogen) atoms. The summed E-state index contributed by atoms with van der Waals surface area (Å²) in [6.45, 7) is -0.785. The summed E-state index contributed by atoms with van der Waals surface area (Å²) in [4.78, 5) is 11.0. The van der Waals surface area contributed by atoms with Crippen molar-refractivity contribution in [1.82, 2.24) is 0 Å². The molecule has 0 radical (unpaired) electrons. The van der Waals surface area contributed by atoms with Crippen molar-refractivity contribution in [2.24, 2.45) is 0 Å². The van der Waals surface area contributed by atoms with Crippen molar-refractivity contribution in [1.29, 1.82) is 0 Å². The van der Waals surface area contributed by atoms with Crippen LogP contribution in [0.1, 0.15) is 6.42 Å². The molecule has 0 bridgehead atoms. The Morgan fingerprint density at radius 3 is 2.13 bits per heavy atom. The highest BCUT2D eigenvalue weighted by molar-refractivity contribution is 7.79. The fraction of sp³-hybridized carbons (Fsp3) is 0.750. The van der Waals surface area contributed by atoms with Gasteiger partial charge < -0.3 is 25.5 Å². The molecular weight excluding hydrogens is 224 g/mol. The smallest absolute Gasteiger partial charge is 0.168 e. The SMILES string of the molecule is O=C(CC=S)[C@H](O)[C@@H](O)[C@H](O)[C@H](O)CO. The lowest BCUT2D eigenvalue weighted by molar-refractivity contribution is -0.145. The van der Waals surface area contributed by atoms with Crippen molar-refractivity contribution in [2.75, 3.05) is 6.61 Å². The van der Waals surface area contributed by atoms with Crippen LogP contribution < -0.4 is 0 Å². The molecule has 0 fully saturated rings. The van der Waals surface area contributed by atoms with Crippen LogP contribution in [-0.2, 0) is 4.79 Å². The lowest BCUT2D eigenvalue weighted by atomic mass is 9.99. The number of ketones is 1. The number of hydrogen-bond donors (Lipinski definition) is 5. The van der Waals surface area contributed by atoms with E-state index in [4.69, 9.17) is 15.3 Å². The quantitative estimate of drug-likeness (QED) is 0.308. The molecule has 0 amide bonds. The van der Waals surface area contributed by atoms with Gasteiger partial charge in [-0.3, -0.25) is 4.79 Å². The Morgan fingerprint density at radius 1 is 1.20 bits per heavy atom. The lowest BCUT2D eigenvalue weighted by Gasteiger charge is -2.24. The van der Waals surface area contributed by atoms with Crippen LogP contribution >= 0.6 is 12.2 Å². The molecule has 0 saturated carbocycles. The Morgan fingerprint density at radius 2 is 1.73 bits per heavy atom. The van der Waals surface area contributed by atoms with Crippen LogP contribution in [-0.4, -0.2) is 67.7 Å². The molecule has 0 heterocycles. The first-order valence-electron chi connectivity index (χ1n) is 4.25. The van der Waals surface area contributed by atoms with E-state index in [1.807, 2.05) is 0 Å². The van der Waals surface area contributed by atoms with Crippen LogP contribution in [0, 0.1) is 0 Å². The molecule has 0 aliphatic carbocycles. The highest BCUT2D eigenvalue weighted by atomic mass is 32.1. The summed E-state index contributed by atoms with van der Waals surface area (Å²) in [7, 11) is 0. The predicted octanol–water partition coefficient (Wildman–Crippen LogP) is -2.62. The number of thiocarbonyl (C=S) groups is 1. The van der Waals surface area contributed by atoms with Gasteiger partial charge in [0, 0.05) is 6.42 Å². The van der Waals surface area contributed by atoms with Crippen LogP contribution in [0.25, 0.3) is 0 Å². The van der Waals surface area contributed by atoms with Crippen molar-refractivity contribution in [2.45, 2.75) is 30.8 Å². The zero-order chi connectivity index (χ0) is 12.0. The molecule has 0 aliphatic heterocycles. The van der Waals surface area contributed by atoms with Gasteiger partial charge in [-0.2, -0.15) is 0 Å². The van der Waals surface area contributed by atoms with E-state index in [1.165, 1.54) is 0 Å². The van der Waals surface area contributed by atoms with E-state index >= 15 is 0 Å². The van der Waals surface area contributed by atoms with Crippen molar-refractivity contribution >= 4 is 23.4 Å². The van der Waals surface area contributed by atoms with Crippen LogP contribution in [0.5, 0.6) is 0 Å². The monoisotopic (exact) mass is 238 g/mol. The summed E-state index contributed by atoms with van der Waals surface area (Å²) in [5.74, 6) is -0.762. The Labute approximate surface area is 91.8 Å². The normalized spacial score (nSPS) is 19.0. The zero-order valence-electron chi connectivity index (χ0n) is 7.85. The lowest BCUT2D eigenvalue weighted by Crippen LogP contribution is -2.48. The fourth-order valence-corrected chi connectivity index (χ4v) is 1.08. The molecule has 0 rings (SSSR count). The third-order valence-electron chi connectivity index (χ3n) is 1.87. The molecule has 0 unspecified atom stereocenters. The van der Waals surface area contributed by atoms with E-state index in [9.17, 15) is 15.0 Å². The minimum Gasteiger partial charge on any atom is -0.394 e. The van der Waals surface area contributed by atoms with Gasteiger partial charge in [0.25, 0.3) is 0 Å². The summed E-state index contributed by atoms with van der Waals surface area (Å²) in [6.07, 6.45) is -7.32. The van der Waals surface area contributed by atoms with Gasteiger partial charge in [0.1, 0.15) is 24.4 Å². The molecule has 0 aromatic carbocycles. The molecule has 5 N–H and O–H groups in total. The summed E-state index contributed by atoms with van der Waals surface area (Å²) in [5, 5.41) is 46.1. The highest BCUT2D eigenvalue weighted by Crippen LogP contribution is 2.06. The second-order valence-corrected chi connectivity index (χ2v) is 3.35. The van der Waals surface area contributed by atoms with Gasteiger partial charge in [0.05, 0.1) is 6.61 Å². The Balaban J connectivity index is 4.35. The topological polar surface area (TPSA) is 118 Å². The minimum absolute atomic E-state index is 0.227. The fourth-order valence-electron chi connectivity index (χ4n) is 0.916. The van der Waals surface area contributed by atoms with E-state index in [-0.39, 0.29) is 6.42 Å². The number of Topliss-reactive ketones (excluding diaryl/α,β-unsaturated/α-hetero) is 1. The Kier molecular flexibility index (Phi) is 6.73. The number of carbonyl (C=O) groups is 1. The second kappa shape index (κ2) is 6.94. The van der Waals surface area contributed by atoms with Crippen molar-refractivity contribution < 1.29 is 30.3 Å². The van der Waals surface area contributed by atoms with E-state index in [1.54, 1.807) is 0 Å². The molecule has 0 aromatic rings. The Hall–Kier alpha value is -0.440. The maximum absolute atomic E-state index is 11.0. The van der Waals surface area contributed by atoms with Gasteiger partial charge in [-0.15, -0.1) is 0 Å². The Bertz CT molecular complexity index is 221. The first-order chi connectivity index (χ1) is 6.95. The molecule has 0 aliphatic rings. The number of carbonyl (C=O) groups excluding carboxylic acids is 1. The molecule has 4 atom stereocenters. The third-order valence-corrected chi connectivity index (χ3v) is 2.04. The first kappa shape index (κ1) is 14.6. The van der Waals surface area contributed by atoms with Crippen molar-refractivity contribution in [3.8, 4) is 0 Å². The van der Waals surface area contributed by atoms with E-state index in [2.05, 4.69) is 12.2 Å². The number of hydrogen-bond acceptors (Lipinski definition) is 7. The molecule has 88 valence electrons. The summed E-state index contributed by atoms with van der Waals surface area (Å²) in [6, 6.07) is 0. The largest absolute Gasteiger partial charge is 0.394 e. The number of rotatable bonds is 7.